The number of aromatic nitrogens is 4. The largest absolute Gasteiger partial charge is 0.350 e. The minimum atomic E-state index is -0.468. The summed E-state index contributed by atoms with van der Waals surface area (Å²) >= 11 is 7.39. The van der Waals surface area contributed by atoms with Gasteiger partial charge < -0.3 is 0 Å². The van der Waals surface area contributed by atoms with Crippen LogP contribution in [-0.4, -0.2) is 19.6 Å². The molecular formula is C14H7ClN6OS. The number of nitriles is 2. The number of thioether (sulfide) groups is 1. The molecule has 2 aromatic heterocycles. The fraction of sp³-hybridized carbons (Fsp3) is 0.0714. The summed E-state index contributed by atoms with van der Waals surface area (Å²) in [4.78, 5) is 18.7. The lowest BCUT2D eigenvalue weighted by Gasteiger charge is -2.04. The number of nitrogens with one attached hydrogen (secondary N) is 1. The first-order valence-electron chi connectivity index (χ1n) is 6.32. The average Bonchev–Trinajstić information content (AvgIpc) is 2.97. The van der Waals surface area contributed by atoms with E-state index in [1.54, 1.807) is 18.2 Å². The fourth-order valence-electron chi connectivity index (χ4n) is 1.89. The van der Waals surface area contributed by atoms with E-state index >= 15 is 0 Å². The van der Waals surface area contributed by atoms with Gasteiger partial charge in [-0.1, -0.05) is 29.4 Å². The van der Waals surface area contributed by atoms with Crippen LogP contribution in [0.3, 0.4) is 0 Å². The first-order valence-corrected chi connectivity index (χ1v) is 7.68. The Bertz CT molecular complexity index is 1040. The molecule has 1 aromatic carbocycles. The number of fused-ring (bicyclic) bond motifs is 1. The predicted molar refractivity (Wildman–Crippen MR) is 84.1 cm³/mol. The van der Waals surface area contributed by atoms with Crippen molar-refractivity contribution in [2.24, 2.45) is 0 Å². The Labute approximate surface area is 139 Å². The number of halogens is 1. The van der Waals surface area contributed by atoms with Gasteiger partial charge in [-0.15, -0.1) is 0 Å². The molecule has 0 aliphatic carbocycles. The van der Waals surface area contributed by atoms with E-state index in [2.05, 4.69) is 15.1 Å². The van der Waals surface area contributed by atoms with E-state index in [1.807, 2.05) is 12.1 Å². The number of nitrogens with zero attached hydrogens (tertiary/aromatic N) is 5. The summed E-state index contributed by atoms with van der Waals surface area (Å²) in [6.07, 6.45) is 1.30. The highest BCUT2D eigenvalue weighted by atomic mass is 35.5. The summed E-state index contributed by atoms with van der Waals surface area (Å²) in [6.45, 7) is 0. The molecule has 3 aromatic rings. The monoisotopic (exact) mass is 342 g/mol. The van der Waals surface area contributed by atoms with Crippen molar-refractivity contribution in [2.75, 3.05) is 0 Å². The zero-order valence-electron chi connectivity index (χ0n) is 11.4. The first kappa shape index (κ1) is 15.1. The fourth-order valence-corrected chi connectivity index (χ4v) is 3.08. The molecule has 0 aliphatic rings. The zero-order chi connectivity index (χ0) is 16.4. The van der Waals surface area contributed by atoms with Crippen LogP contribution in [0.25, 0.3) is 5.65 Å². The summed E-state index contributed by atoms with van der Waals surface area (Å²) in [5, 5.41) is 22.5. The molecule has 2 heterocycles. The normalized spacial score (nSPS) is 10.4. The third-order valence-corrected chi connectivity index (χ3v) is 4.30. The van der Waals surface area contributed by atoms with Crippen LogP contribution in [0, 0.1) is 22.7 Å². The molecule has 0 bridgehead atoms. The molecule has 0 radical (unpaired) electrons. The molecule has 0 saturated carbocycles. The number of aromatic amines is 1. The highest BCUT2D eigenvalue weighted by Gasteiger charge is 2.11. The lowest BCUT2D eigenvalue weighted by atomic mass is 10.2. The highest BCUT2D eigenvalue weighted by molar-refractivity contribution is 7.98. The maximum atomic E-state index is 11.9. The molecule has 0 saturated heterocycles. The van der Waals surface area contributed by atoms with Gasteiger partial charge in [-0.05, 0) is 17.7 Å². The first-order chi connectivity index (χ1) is 11.1. The summed E-state index contributed by atoms with van der Waals surface area (Å²) < 4.78 is 1.04. The van der Waals surface area contributed by atoms with Crippen LogP contribution in [0.15, 0.2) is 34.3 Å². The molecule has 0 spiro atoms. The van der Waals surface area contributed by atoms with Crippen LogP contribution in [0.2, 0.25) is 5.02 Å². The number of H-pyrrole nitrogens is 1. The molecule has 1 N–H and O–H groups in total. The Kier molecular flexibility index (Phi) is 4.02. The van der Waals surface area contributed by atoms with Gasteiger partial charge >= 0.3 is 5.69 Å². The van der Waals surface area contributed by atoms with Gasteiger partial charge in [0.15, 0.2) is 10.8 Å². The Balaban J connectivity index is 1.89. The molecule has 0 atom stereocenters. The van der Waals surface area contributed by atoms with Gasteiger partial charge in [-0.25, -0.2) is 9.78 Å². The van der Waals surface area contributed by atoms with Crippen LogP contribution in [-0.2, 0) is 5.75 Å². The third kappa shape index (κ3) is 2.90. The maximum Gasteiger partial charge on any atom is 0.350 e. The second-order valence-electron chi connectivity index (χ2n) is 4.46. The topological polar surface area (TPSA) is 111 Å². The molecule has 3 rings (SSSR count). The van der Waals surface area contributed by atoms with Crippen LogP contribution in [0.4, 0.5) is 0 Å². The van der Waals surface area contributed by atoms with Crippen molar-refractivity contribution in [3.8, 4) is 12.1 Å². The van der Waals surface area contributed by atoms with Gasteiger partial charge in [0.05, 0.1) is 17.8 Å². The third-order valence-electron chi connectivity index (χ3n) is 3.02. The number of rotatable bonds is 3. The van der Waals surface area contributed by atoms with Gasteiger partial charge in [0.1, 0.15) is 11.6 Å². The van der Waals surface area contributed by atoms with Crippen LogP contribution >= 0.6 is 23.4 Å². The molecule has 0 fully saturated rings. The zero-order valence-corrected chi connectivity index (χ0v) is 13.0. The summed E-state index contributed by atoms with van der Waals surface area (Å²) in [7, 11) is 0. The molecule has 112 valence electrons. The summed E-state index contributed by atoms with van der Waals surface area (Å²) in [5.74, 6) is 0.458. The maximum absolute atomic E-state index is 11.9. The highest BCUT2D eigenvalue weighted by Crippen LogP contribution is 2.25. The Hall–Kier alpha value is -2.81. The van der Waals surface area contributed by atoms with Crippen molar-refractivity contribution >= 4 is 29.0 Å². The number of hydrogen-bond donors (Lipinski definition) is 1. The Morgan fingerprint density at radius 2 is 2.17 bits per heavy atom. The molecule has 7 nitrogen and oxygen atoms in total. The van der Waals surface area contributed by atoms with E-state index < -0.39 is 5.69 Å². The predicted octanol–water partition coefficient (Wildman–Crippen LogP) is 2.11. The molecule has 9 heteroatoms. The molecule has 0 amide bonds. The number of benzene rings is 1. The molecule has 23 heavy (non-hydrogen) atoms. The standard InChI is InChI=1S/C14H7ClN6OS/c15-11-3-8(4-16)1-2-9(11)7-23-13-19-12-10(5-17)6-18-21(12)14(22)20-13/h1-3,6H,7H2,(H,19,20,22). The van der Waals surface area contributed by atoms with E-state index in [9.17, 15) is 4.79 Å². The van der Waals surface area contributed by atoms with Crippen molar-refractivity contribution in [3.63, 3.8) is 0 Å². The average molecular weight is 343 g/mol. The van der Waals surface area contributed by atoms with Crippen molar-refractivity contribution < 1.29 is 0 Å². The molecular weight excluding hydrogens is 336 g/mol. The quantitative estimate of drug-likeness (QED) is 0.730. The lowest BCUT2D eigenvalue weighted by Crippen LogP contribution is -2.19. The summed E-state index contributed by atoms with van der Waals surface area (Å²) in [5.41, 5.74) is 1.27. The van der Waals surface area contributed by atoms with E-state index in [0.29, 0.717) is 21.5 Å². The van der Waals surface area contributed by atoms with Crippen LogP contribution in [0.5, 0.6) is 0 Å². The minimum absolute atomic E-state index is 0.213. The van der Waals surface area contributed by atoms with Crippen molar-refractivity contribution in [3.05, 3.63) is 56.6 Å². The van der Waals surface area contributed by atoms with Crippen molar-refractivity contribution in [1.82, 2.24) is 19.6 Å². The second kappa shape index (κ2) is 6.13. The van der Waals surface area contributed by atoms with E-state index in [0.717, 1.165) is 10.1 Å². The van der Waals surface area contributed by atoms with E-state index in [-0.39, 0.29) is 11.2 Å². The van der Waals surface area contributed by atoms with Crippen molar-refractivity contribution in [1.29, 1.82) is 10.5 Å². The van der Waals surface area contributed by atoms with Crippen molar-refractivity contribution in [2.45, 2.75) is 10.9 Å². The smallest absolute Gasteiger partial charge is 0.285 e. The van der Waals surface area contributed by atoms with E-state index in [1.165, 1.54) is 18.0 Å². The van der Waals surface area contributed by atoms with Crippen LogP contribution in [0.1, 0.15) is 16.7 Å². The Morgan fingerprint density at radius 1 is 1.35 bits per heavy atom. The van der Waals surface area contributed by atoms with Gasteiger partial charge in [-0.2, -0.15) is 20.1 Å². The number of hydrogen-bond acceptors (Lipinski definition) is 6. The second-order valence-corrected chi connectivity index (χ2v) is 5.83. The van der Waals surface area contributed by atoms with Gasteiger partial charge in [-0.3, -0.25) is 4.98 Å². The van der Waals surface area contributed by atoms with Gasteiger partial charge in [0.25, 0.3) is 0 Å². The Morgan fingerprint density at radius 3 is 2.87 bits per heavy atom. The van der Waals surface area contributed by atoms with Crippen LogP contribution < -0.4 is 5.69 Å². The summed E-state index contributed by atoms with van der Waals surface area (Å²) in [6, 6.07) is 8.97. The minimum Gasteiger partial charge on any atom is -0.285 e. The molecule has 0 aliphatic heterocycles. The van der Waals surface area contributed by atoms with Gasteiger partial charge in [0.2, 0.25) is 0 Å². The SMILES string of the molecule is N#Cc1ccc(CSc2nc3c(C#N)cnn3c(=O)[nH]2)c(Cl)c1. The lowest BCUT2D eigenvalue weighted by molar-refractivity contribution is 0.786. The molecule has 0 unspecified atom stereocenters. The van der Waals surface area contributed by atoms with E-state index in [4.69, 9.17) is 22.1 Å². The van der Waals surface area contributed by atoms with Gasteiger partial charge in [0, 0.05) is 10.8 Å².